The Morgan fingerprint density at radius 1 is 1.42 bits per heavy atom. The van der Waals surface area contributed by atoms with Gasteiger partial charge in [-0.15, -0.1) is 0 Å². The van der Waals surface area contributed by atoms with Crippen molar-refractivity contribution in [2.24, 2.45) is 0 Å². The summed E-state index contributed by atoms with van der Waals surface area (Å²) in [7, 11) is 0. The standard InChI is InChI=1S/C14H14N4O/c15-8-10-3-1-4-11(7-10)13-17-14(19-18-13)12-5-2-6-16-9-12/h1,3-4,7,12,16H,2,5-6,9H2. The van der Waals surface area contributed by atoms with Gasteiger partial charge in [-0.05, 0) is 31.5 Å². The molecule has 0 saturated carbocycles. The third-order valence-corrected chi connectivity index (χ3v) is 3.34. The fourth-order valence-electron chi connectivity index (χ4n) is 2.31. The summed E-state index contributed by atoms with van der Waals surface area (Å²) in [5.41, 5.74) is 1.42. The van der Waals surface area contributed by atoms with E-state index in [1.165, 1.54) is 0 Å². The lowest BCUT2D eigenvalue weighted by Gasteiger charge is -2.18. The maximum absolute atomic E-state index is 8.90. The molecule has 5 heteroatoms. The molecule has 2 heterocycles. The molecule has 19 heavy (non-hydrogen) atoms. The largest absolute Gasteiger partial charge is 0.339 e. The Balaban J connectivity index is 1.86. The molecule has 0 spiro atoms. The highest BCUT2D eigenvalue weighted by atomic mass is 16.5. The third-order valence-electron chi connectivity index (χ3n) is 3.34. The van der Waals surface area contributed by atoms with Crippen molar-refractivity contribution in [1.82, 2.24) is 15.5 Å². The van der Waals surface area contributed by atoms with E-state index in [1.807, 2.05) is 12.1 Å². The highest BCUT2D eigenvalue weighted by molar-refractivity contribution is 5.57. The summed E-state index contributed by atoms with van der Waals surface area (Å²) in [6.07, 6.45) is 2.21. The van der Waals surface area contributed by atoms with E-state index in [9.17, 15) is 0 Å². The SMILES string of the molecule is N#Cc1cccc(-c2noc(C3CCCNC3)n2)c1. The zero-order chi connectivity index (χ0) is 13.1. The molecule has 1 atom stereocenters. The zero-order valence-corrected chi connectivity index (χ0v) is 10.5. The van der Waals surface area contributed by atoms with Crippen LogP contribution in [-0.4, -0.2) is 23.2 Å². The van der Waals surface area contributed by atoms with Gasteiger partial charge in [0.05, 0.1) is 17.6 Å². The topological polar surface area (TPSA) is 74.7 Å². The average molecular weight is 254 g/mol. The molecule has 96 valence electrons. The second-order valence-corrected chi connectivity index (χ2v) is 4.69. The number of hydrogen-bond acceptors (Lipinski definition) is 5. The molecule has 0 aliphatic carbocycles. The van der Waals surface area contributed by atoms with Crippen molar-refractivity contribution in [2.75, 3.05) is 13.1 Å². The van der Waals surface area contributed by atoms with Crippen molar-refractivity contribution < 1.29 is 4.52 Å². The molecule has 1 aliphatic heterocycles. The van der Waals surface area contributed by atoms with Gasteiger partial charge in [0.25, 0.3) is 0 Å². The number of aromatic nitrogens is 2. The number of piperidine rings is 1. The Labute approximate surface area is 111 Å². The minimum atomic E-state index is 0.300. The van der Waals surface area contributed by atoms with Crippen LogP contribution >= 0.6 is 0 Å². The number of nitrogens with one attached hydrogen (secondary N) is 1. The quantitative estimate of drug-likeness (QED) is 0.888. The maximum atomic E-state index is 8.90. The van der Waals surface area contributed by atoms with Gasteiger partial charge in [0.15, 0.2) is 0 Å². The second kappa shape index (κ2) is 5.21. The normalized spacial score (nSPS) is 19.0. The van der Waals surface area contributed by atoms with Crippen molar-refractivity contribution in [2.45, 2.75) is 18.8 Å². The molecule has 1 N–H and O–H groups in total. The Morgan fingerprint density at radius 2 is 2.37 bits per heavy atom. The van der Waals surface area contributed by atoms with Crippen LogP contribution in [0.25, 0.3) is 11.4 Å². The van der Waals surface area contributed by atoms with Gasteiger partial charge in [0.2, 0.25) is 11.7 Å². The van der Waals surface area contributed by atoms with Gasteiger partial charge in [-0.3, -0.25) is 0 Å². The summed E-state index contributed by atoms with van der Waals surface area (Å²) >= 11 is 0. The lowest BCUT2D eigenvalue weighted by molar-refractivity contribution is 0.322. The van der Waals surface area contributed by atoms with Crippen molar-refractivity contribution in [1.29, 1.82) is 5.26 Å². The lowest BCUT2D eigenvalue weighted by Crippen LogP contribution is -2.28. The third kappa shape index (κ3) is 2.49. The minimum absolute atomic E-state index is 0.300. The van der Waals surface area contributed by atoms with Crippen LogP contribution in [-0.2, 0) is 0 Å². The van der Waals surface area contributed by atoms with Crippen LogP contribution in [0.2, 0.25) is 0 Å². The Kier molecular flexibility index (Phi) is 3.25. The van der Waals surface area contributed by atoms with Gasteiger partial charge >= 0.3 is 0 Å². The van der Waals surface area contributed by atoms with E-state index < -0.39 is 0 Å². The molecule has 1 unspecified atom stereocenters. The molecule has 0 bridgehead atoms. The predicted octanol–water partition coefficient (Wildman–Crippen LogP) is 2.08. The first-order valence-corrected chi connectivity index (χ1v) is 6.41. The first-order chi connectivity index (χ1) is 9.36. The van der Waals surface area contributed by atoms with Crippen LogP contribution in [0.15, 0.2) is 28.8 Å². The van der Waals surface area contributed by atoms with Gasteiger partial charge in [-0.1, -0.05) is 17.3 Å². The Morgan fingerprint density at radius 3 is 3.16 bits per heavy atom. The molecule has 0 radical (unpaired) electrons. The molecule has 3 rings (SSSR count). The van der Waals surface area contributed by atoms with E-state index in [-0.39, 0.29) is 0 Å². The van der Waals surface area contributed by atoms with Crippen molar-refractivity contribution in [3.05, 3.63) is 35.7 Å². The molecule has 0 amide bonds. The highest BCUT2D eigenvalue weighted by Gasteiger charge is 2.21. The van der Waals surface area contributed by atoms with Crippen LogP contribution in [0.5, 0.6) is 0 Å². The minimum Gasteiger partial charge on any atom is -0.339 e. The summed E-state index contributed by atoms with van der Waals surface area (Å²) in [5.74, 6) is 1.54. The molecule has 5 nitrogen and oxygen atoms in total. The highest BCUT2D eigenvalue weighted by Crippen LogP contribution is 2.24. The molecule has 1 aromatic carbocycles. The fraction of sp³-hybridized carbons (Fsp3) is 0.357. The van der Waals surface area contributed by atoms with Crippen LogP contribution < -0.4 is 5.32 Å². The van der Waals surface area contributed by atoms with E-state index in [0.29, 0.717) is 23.2 Å². The van der Waals surface area contributed by atoms with Crippen LogP contribution in [0.3, 0.4) is 0 Å². The van der Waals surface area contributed by atoms with E-state index in [1.54, 1.807) is 12.1 Å². The van der Waals surface area contributed by atoms with E-state index in [2.05, 4.69) is 21.5 Å². The number of nitriles is 1. The van der Waals surface area contributed by atoms with Crippen molar-refractivity contribution in [3.63, 3.8) is 0 Å². The zero-order valence-electron chi connectivity index (χ0n) is 10.5. The number of rotatable bonds is 2. The lowest BCUT2D eigenvalue weighted by atomic mass is 10.00. The summed E-state index contributed by atoms with van der Waals surface area (Å²) in [6.45, 7) is 1.95. The first kappa shape index (κ1) is 11.9. The number of benzene rings is 1. The van der Waals surface area contributed by atoms with Gasteiger partial charge in [0.1, 0.15) is 0 Å². The summed E-state index contributed by atoms with van der Waals surface area (Å²) in [6, 6.07) is 9.35. The summed E-state index contributed by atoms with van der Waals surface area (Å²) in [5, 5.41) is 16.2. The molecular formula is C14H14N4O. The first-order valence-electron chi connectivity index (χ1n) is 6.41. The smallest absolute Gasteiger partial charge is 0.231 e. The van der Waals surface area contributed by atoms with Gasteiger partial charge < -0.3 is 9.84 Å². The Hall–Kier alpha value is -2.19. The van der Waals surface area contributed by atoms with E-state index in [4.69, 9.17) is 9.78 Å². The van der Waals surface area contributed by atoms with Crippen LogP contribution in [0.1, 0.15) is 30.2 Å². The molecule has 1 aromatic heterocycles. The fourth-order valence-corrected chi connectivity index (χ4v) is 2.31. The second-order valence-electron chi connectivity index (χ2n) is 4.69. The number of nitrogens with zero attached hydrogens (tertiary/aromatic N) is 3. The number of hydrogen-bond donors (Lipinski definition) is 1. The van der Waals surface area contributed by atoms with Gasteiger partial charge in [-0.2, -0.15) is 10.2 Å². The molecule has 1 fully saturated rings. The van der Waals surface area contributed by atoms with Crippen molar-refractivity contribution >= 4 is 0 Å². The van der Waals surface area contributed by atoms with Crippen LogP contribution in [0, 0.1) is 11.3 Å². The van der Waals surface area contributed by atoms with Gasteiger partial charge in [0, 0.05) is 12.1 Å². The van der Waals surface area contributed by atoms with Crippen LogP contribution in [0.4, 0.5) is 0 Å². The maximum Gasteiger partial charge on any atom is 0.231 e. The van der Waals surface area contributed by atoms with E-state index in [0.717, 1.165) is 31.5 Å². The molecular weight excluding hydrogens is 240 g/mol. The summed E-state index contributed by atoms with van der Waals surface area (Å²) in [4.78, 5) is 4.45. The average Bonchev–Trinajstić information content (AvgIpc) is 2.98. The molecule has 1 saturated heterocycles. The monoisotopic (exact) mass is 254 g/mol. The van der Waals surface area contributed by atoms with Crippen molar-refractivity contribution in [3.8, 4) is 17.5 Å². The van der Waals surface area contributed by atoms with E-state index >= 15 is 0 Å². The summed E-state index contributed by atoms with van der Waals surface area (Å²) < 4.78 is 5.35. The molecule has 1 aliphatic rings. The molecule has 2 aromatic rings. The Bertz CT molecular complexity index is 608. The van der Waals surface area contributed by atoms with Gasteiger partial charge in [-0.25, -0.2) is 0 Å². The predicted molar refractivity (Wildman–Crippen MR) is 69.3 cm³/mol.